The lowest BCUT2D eigenvalue weighted by Crippen LogP contribution is -2.19. The van der Waals surface area contributed by atoms with Crippen LogP contribution in [0.5, 0.6) is 5.75 Å². The Morgan fingerprint density at radius 1 is 1.40 bits per heavy atom. The summed E-state index contributed by atoms with van der Waals surface area (Å²) in [6.07, 6.45) is 0.0789. The van der Waals surface area contributed by atoms with E-state index in [9.17, 15) is 0 Å². The molecular weight excluding hydrogens is 190 g/mol. The summed E-state index contributed by atoms with van der Waals surface area (Å²) in [5.74, 6) is 0.866. The minimum atomic E-state index is 0.0789. The minimum absolute atomic E-state index is 0.0789. The van der Waals surface area contributed by atoms with Crippen LogP contribution in [0, 0.1) is 6.92 Å². The number of benzene rings is 1. The maximum absolute atomic E-state index is 5.57. The van der Waals surface area contributed by atoms with Crippen LogP contribution in [-0.4, -0.2) is 19.8 Å². The molecule has 0 amide bonds. The molecule has 1 rings (SSSR count). The highest BCUT2D eigenvalue weighted by Gasteiger charge is 2.05. The summed E-state index contributed by atoms with van der Waals surface area (Å²) in [4.78, 5) is 0. The van der Waals surface area contributed by atoms with Gasteiger partial charge in [-0.05, 0) is 19.9 Å². The maximum Gasteiger partial charge on any atom is 0.124 e. The molecule has 0 bridgehead atoms. The van der Waals surface area contributed by atoms with Gasteiger partial charge in [0, 0.05) is 12.1 Å². The fourth-order valence-corrected chi connectivity index (χ4v) is 1.32. The number of nitrogens with two attached hydrogens (primary N) is 1. The van der Waals surface area contributed by atoms with Crippen molar-refractivity contribution in [3.8, 4) is 5.75 Å². The standard InChI is InChI=1S/C12H19NO2/c1-9-4-5-12(14-3)11(6-9)8-15-10(2)7-13/h4-6,10H,7-8,13H2,1-3H3. The van der Waals surface area contributed by atoms with Gasteiger partial charge in [0.25, 0.3) is 0 Å². The Hall–Kier alpha value is -1.06. The van der Waals surface area contributed by atoms with E-state index in [0.29, 0.717) is 13.2 Å². The van der Waals surface area contributed by atoms with E-state index in [1.54, 1.807) is 7.11 Å². The molecule has 0 fully saturated rings. The third-order valence-corrected chi connectivity index (χ3v) is 2.29. The second kappa shape index (κ2) is 5.73. The Morgan fingerprint density at radius 2 is 2.13 bits per heavy atom. The summed E-state index contributed by atoms with van der Waals surface area (Å²) in [6.45, 7) is 5.09. The highest BCUT2D eigenvalue weighted by atomic mass is 16.5. The zero-order valence-electron chi connectivity index (χ0n) is 9.62. The second-order valence-electron chi connectivity index (χ2n) is 3.67. The van der Waals surface area contributed by atoms with Crippen LogP contribution in [0.15, 0.2) is 18.2 Å². The third-order valence-electron chi connectivity index (χ3n) is 2.29. The van der Waals surface area contributed by atoms with Crippen LogP contribution >= 0.6 is 0 Å². The molecule has 3 nitrogen and oxygen atoms in total. The number of methoxy groups -OCH3 is 1. The maximum atomic E-state index is 5.57. The highest BCUT2D eigenvalue weighted by Crippen LogP contribution is 2.20. The minimum Gasteiger partial charge on any atom is -0.496 e. The predicted molar refractivity (Wildman–Crippen MR) is 61.0 cm³/mol. The highest BCUT2D eigenvalue weighted by molar-refractivity contribution is 5.36. The van der Waals surface area contributed by atoms with Crippen LogP contribution in [0.25, 0.3) is 0 Å². The van der Waals surface area contributed by atoms with Crippen LogP contribution in [0.3, 0.4) is 0 Å². The Labute approximate surface area is 91.2 Å². The summed E-state index contributed by atoms with van der Waals surface area (Å²) >= 11 is 0. The molecule has 1 unspecified atom stereocenters. The molecule has 0 aliphatic heterocycles. The molecule has 0 saturated carbocycles. The van der Waals surface area contributed by atoms with Crippen molar-refractivity contribution in [3.05, 3.63) is 29.3 Å². The van der Waals surface area contributed by atoms with E-state index in [1.165, 1.54) is 5.56 Å². The lowest BCUT2D eigenvalue weighted by molar-refractivity contribution is 0.0577. The summed E-state index contributed by atoms with van der Waals surface area (Å²) in [7, 11) is 1.67. The van der Waals surface area contributed by atoms with Gasteiger partial charge in [-0.1, -0.05) is 17.7 Å². The zero-order chi connectivity index (χ0) is 11.3. The Balaban J connectivity index is 2.69. The van der Waals surface area contributed by atoms with Gasteiger partial charge in [-0.2, -0.15) is 0 Å². The molecule has 1 aromatic carbocycles. The van der Waals surface area contributed by atoms with Gasteiger partial charge in [-0.25, -0.2) is 0 Å². The molecule has 0 aliphatic carbocycles. The van der Waals surface area contributed by atoms with Crippen LogP contribution in [0.1, 0.15) is 18.1 Å². The van der Waals surface area contributed by atoms with Gasteiger partial charge in [0.15, 0.2) is 0 Å². The summed E-state index contributed by atoms with van der Waals surface area (Å²) in [5.41, 5.74) is 7.75. The Kier molecular flexibility index (Phi) is 4.59. The van der Waals surface area contributed by atoms with Gasteiger partial charge in [-0.3, -0.25) is 0 Å². The normalized spacial score (nSPS) is 12.5. The third kappa shape index (κ3) is 3.53. The van der Waals surface area contributed by atoms with Crippen LogP contribution in [-0.2, 0) is 11.3 Å². The quantitative estimate of drug-likeness (QED) is 0.805. The lowest BCUT2D eigenvalue weighted by atomic mass is 10.1. The smallest absolute Gasteiger partial charge is 0.124 e. The van der Waals surface area contributed by atoms with Crippen molar-refractivity contribution in [1.82, 2.24) is 0 Å². The molecule has 3 heteroatoms. The van der Waals surface area contributed by atoms with Gasteiger partial charge >= 0.3 is 0 Å². The van der Waals surface area contributed by atoms with E-state index in [1.807, 2.05) is 19.1 Å². The first kappa shape index (κ1) is 12.0. The molecule has 0 radical (unpaired) electrons. The zero-order valence-corrected chi connectivity index (χ0v) is 9.62. The Morgan fingerprint density at radius 3 is 2.73 bits per heavy atom. The monoisotopic (exact) mass is 209 g/mol. The van der Waals surface area contributed by atoms with Crippen LogP contribution < -0.4 is 10.5 Å². The number of aryl methyl sites for hydroxylation is 1. The molecule has 0 aliphatic rings. The van der Waals surface area contributed by atoms with E-state index >= 15 is 0 Å². The van der Waals surface area contributed by atoms with Crippen molar-refractivity contribution < 1.29 is 9.47 Å². The molecule has 0 spiro atoms. The fraction of sp³-hybridized carbons (Fsp3) is 0.500. The van der Waals surface area contributed by atoms with Gasteiger partial charge in [0.05, 0.1) is 19.8 Å². The van der Waals surface area contributed by atoms with Gasteiger partial charge in [-0.15, -0.1) is 0 Å². The van der Waals surface area contributed by atoms with Crippen molar-refractivity contribution in [2.45, 2.75) is 26.6 Å². The van der Waals surface area contributed by atoms with Crippen molar-refractivity contribution in [2.24, 2.45) is 5.73 Å². The molecule has 84 valence electrons. The summed E-state index contributed by atoms with van der Waals surface area (Å²) in [6, 6.07) is 6.05. The average Bonchev–Trinajstić information content (AvgIpc) is 2.26. The number of rotatable bonds is 5. The predicted octanol–water partition coefficient (Wildman–Crippen LogP) is 1.87. The number of hydrogen-bond acceptors (Lipinski definition) is 3. The van der Waals surface area contributed by atoms with Crippen molar-refractivity contribution >= 4 is 0 Å². The molecule has 1 atom stereocenters. The van der Waals surface area contributed by atoms with E-state index in [-0.39, 0.29) is 6.10 Å². The van der Waals surface area contributed by atoms with Crippen molar-refractivity contribution in [3.63, 3.8) is 0 Å². The molecule has 0 aromatic heterocycles. The fourth-order valence-electron chi connectivity index (χ4n) is 1.32. The largest absolute Gasteiger partial charge is 0.496 e. The second-order valence-corrected chi connectivity index (χ2v) is 3.67. The molecule has 0 saturated heterocycles. The molecule has 0 heterocycles. The molecule has 2 N–H and O–H groups in total. The summed E-state index contributed by atoms with van der Waals surface area (Å²) < 4.78 is 10.8. The van der Waals surface area contributed by atoms with Crippen LogP contribution in [0.2, 0.25) is 0 Å². The van der Waals surface area contributed by atoms with E-state index in [4.69, 9.17) is 15.2 Å². The van der Waals surface area contributed by atoms with Gasteiger partial charge in [0.2, 0.25) is 0 Å². The summed E-state index contributed by atoms with van der Waals surface area (Å²) in [5, 5.41) is 0. The average molecular weight is 209 g/mol. The molecular formula is C12H19NO2. The van der Waals surface area contributed by atoms with Crippen LogP contribution in [0.4, 0.5) is 0 Å². The van der Waals surface area contributed by atoms with Crippen molar-refractivity contribution in [2.75, 3.05) is 13.7 Å². The first-order chi connectivity index (χ1) is 7.17. The molecule has 15 heavy (non-hydrogen) atoms. The van der Waals surface area contributed by atoms with Crippen molar-refractivity contribution in [1.29, 1.82) is 0 Å². The SMILES string of the molecule is COc1ccc(C)cc1COC(C)CN. The molecule has 1 aromatic rings. The topological polar surface area (TPSA) is 44.5 Å². The number of ether oxygens (including phenoxy) is 2. The van der Waals surface area contributed by atoms with E-state index < -0.39 is 0 Å². The van der Waals surface area contributed by atoms with E-state index in [0.717, 1.165) is 11.3 Å². The first-order valence-corrected chi connectivity index (χ1v) is 5.12. The van der Waals surface area contributed by atoms with E-state index in [2.05, 4.69) is 13.0 Å². The van der Waals surface area contributed by atoms with Gasteiger partial charge in [0.1, 0.15) is 5.75 Å². The Bertz CT molecular complexity index is 312. The number of hydrogen-bond donors (Lipinski definition) is 1. The first-order valence-electron chi connectivity index (χ1n) is 5.12. The lowest BCUT2D eigenvalue weighted by Gasteiger charge is -2.13. The van der Waals surface area contributed by atoms with Gasteiger partial charge < -0.3 is 15.2 Å².